The Morgan fingerprint density at radius 3 is 2.17 bits per heavy atom. The van der Waals surface area contributed by atoms with Gasteiger partial charge in [-0.2, -0.15) is 0 Å². The van der Waals surface area contributed by atoms with Gasteiger partial charge in [-0.05, 0) is 38.3 Å². The number of benzene rings is 1. The van der Waals surface area contributed by atoms with Gasteiger partial charge in [0.25, 0.3) is 0 Å². The van der Waals surface area contributed by atoms with Gasteiger partial charge in [0.15, 0.2) is 0 Å². The molecule has 0 aliphatic carbocycles. The van der Waals surface area contributed by atoms with E-state index in [9.17, 15) is 9.59 Å². The zero-order chi connectivity index (χ0) is 17.1. The summed E-state index contributed by atoms with van der Waals surface area (Å²) in [7, 11) is 0. The van der Waals surface area contributed by atoms with E-state index in [2.05, 4.69) is 6.92 Å². The van der Waals surface area contributed by atoms with Gasteiger partial charge in [-0.15, -0.1) is 0 Å². The average Bonchev–Trinajstić information content (AvgIpc) is 2.55. The maximum absolute atomic E-state index is 12.3. The third-order valence-corrected chi connectivity index (χ3v) is 3.62. The van der Waals surface area contributed by atoms with E-state index in [0.29, 0.717) is 6.61 Å². The first kappa shape index (κ1) is 19.2. The summed E-state index contributed by atoms with van der Waals surface area (Å²) < 4.78 is 10.6. The van der Waals surface area contributed by atoms with Gasteiger partial charge in [-0.1, -0.05) is 45.2 Å². The van der Waals surface area contributed by atoms with Crippen LogP contribution in [-0.2, 0) is 9.47 Å². The molecule has 0 fully saturated rings. The Morgan fingerprint density at radius 1 is 0.957 bits per heavy atom. The summed E-state index contributed by atoms with van der Waals surface area (Å²) in [6.07, 6.45) is 5.74. The molecule has 1 aromatic rings. The van der Waals surface area contributed by atoms with Gasteiger partial charge in [0, 0.05) is 0 Å². The first-order valence-corrected chi connectivity index (χ1v) is 8.57. The maximum atomic E-state index is 12.3. The second kappa shape index (κ2) is 10.8. The van der Waals surface area contributed by atoms with Crippen molar-refractivity contribution in [3.05, 3.63) is 35.4 Å². The number of carbonyl (C=O) groups excluding carboxylic acids is 2. The number of hydrogen-bond donors (Lipinski definition) is 0. The Labute approximate surface area is 139 Å². The number of rotatable bonds is 10. The lowest BCUT2D eigenvalue weighted by atomic mass is 10.1. The number of carbonyl (C=O) groups is 2. The van der Waals surface area contributed by atoms with Crippen LogP contribution in [0.2, 0.25) is 0 Å². The summed E-state index contributed by atoms with van der Waals surface area (Å²) in [6.45, 7) is 6.41. The van der Waals surface area contributed by atoms with E-state index < -0.39 is 11.9 Å². The largest absolute Gasteiger partial charge is 0.462 e. The van der Waals surface area contributed by atoms with Crippen LogP contribution in [0.4, 0.5) is 0 Å². The molecule has 0 amide bonds. The Bertz CT molecular complexity index is 496. The molecule has 1 aromatic carbocycles. The van der Waals surface area contributed by atoms with Gasteiger partial charge >= 0.3 is 11.9 Å². The molecule has 128 valence electrons. The summed E-state index contributed by atoms with van der Waals surface area (Å²) in [5, 5.41) is 0. The molecule has 0 bridgehead atoms. The highest BCUT2D eigenvalue weighted by Crippen LogP contribution is 2.15. The van der Waals surface area contributed by atoms with Crippen molar-refractivity contribution in [1.82, 2.24) is 0 Å². The van der Waals surface area contributed by atoms with Gasteiger partial charge in [0.2, 0.25) is 0 Å². The van der Waals surface area contributed by atoms with Crippen LogP contribution in [0.3, 0.4) is 0 Å². The molecule has 0 N–H and O–H groups in total. The molecule has 4 heteroatoms. The van der Waals surface area contributed by atoms with Gasteiger partial charge in [-0.3, -0.25) is 0 Å². The molecular formula is C19H28O4. The molecule has 0 saturated carbocycles. The lowest BCUT2D eigenvalue weighted by Gasteiger charge is -2.14. The van der Waals surface area contributed by atoms with Crippen molar-refractivity contribution in [3.8, 4) is 0 Å². The van der Waals surface area contributed by atoms with Crippen LogP contribution in [0.5, 0.6) is 0 Å². The highest BCUT2D eigenvalue weighted by molar-refractivity contribution is 6.03. The van der Waals surface area contributed by atoms with E-state index in [1.807, 2.05) is 13.8 Å². The minimum Gasteiger partial charge on any atom is -0.462 e. The summed E-state index contributed by atoms with van der Waals surface area (Å²) in [6, 6.07) is 6.66. The quantitative estimate of drug-likeness (QED) is 0.460. The number of unbranched alkanes of at least 4 members (excludes halogenated alkanes) is 3. The normalized spacial score (nSPS) is 11.8. The Balaban J connectivity index is 2.67. The fraction of sp³-hybridized carbons (Fsp3) is 0.579. The average molecular weight is 320 g/mol. The topological polar surface area (TPSA) is 52.6 Å². The third-order valence-electron chi connectivity index (χ3n) is 3.62. The van der Waals surface area contributed by atoms with Crippen LogP contribution in [0, 0.1) is 0 Å². The van der Waals surface area contributed by atoms with Gasteiger partial charge in [-0.25, -0.2) is 9.59 Å². The molecule has 0 aromatic heterocycles. The van der Waals surface area contributed by atoms with Gasteiger partial charge in [0.05, 0.1) is 23.8 Å². The summed E-state index contributed by atoms with van der Waals surface area (Å²) in [4.78, 5) is 24.4. The van der Waals surface area contributed by atoms with Crippen LogP contribution in [-0.4, -0.2) is 24.6 Å². The van der Waals surface area contributed by atoms with Crippen molar-refractivity contribution in [3.63, 3.8) is 0 Å². The molecular weight excluding hydrogens is 292 g/mol. The van der Waals surface area contributed by atoms with Crippen molar-refractivity contribution in [2.75, 3.05) is 6.61 Å². The highest BCUT2D eigenvalue weighted by atomic mass is 16.5. The molecule has 0 aliphatic rings. The van der Waals surface area contributed by atoms with Crippen molar-refractivity contribution >= 4 is 11.9 Å². The molecule has 23 heavy (non-hydrogen) atoms. The van der Waals surface area contributed by atoms with Crippen LogP contribution in [0.25, 0.3) is 0 Å². The Morgan fingerprint density at radius 2 is 1.57 bits per heavy atom. The first-order valence-electron chi connectivity index (χ1n) is 8.57. The van der Waals surface area contributed by atoms with E-state index in [-0.39, 0.29) is 17.2 Å². The van der Waals surface area contributed by atoms with Gasteiger partial charge in [0.1, 0.15) is 0 Å². The smallest absolute Gasteiger partial charge is 0.339 e. The fourth-order valence-corrected chi connectivity index (χ4v) is 2.21. The predicted octanol–water partition coefficient (Wildman–Crippen LogP) is 4.77. The molecule has 0 aliphatic heterocycles. The zero-order valence-electron chi connectivity index (χ0n) is 14.5. The van der Waals surface area contributed by atoms with E-state index in [1.54, 1.807) is 24.3 Å². The SMILES string of the molecule is CCCCCC(C)OC(=O)c1ccccc1C(=O)OCCCC. The molecule has 1 unspecified atom stereocenters. The molecule has 0 saturated heterocycles. The van der Waals surface area contributed by atoms with E-state index in [4.69, 9.17) is 9.47 Å². The molecule has 1 atom stereocenters. The molecule has 4 nitrogen and oxygen atoms in total. The molecule has 0 radical (unpaired) electrons. The number of esters is 2. The van der Waals surface area contributed by atoms with Crippen LogP contribution >= 0.6 is 0 Å². The Hall–Kier alpha value is -1.84. The summed E-state index contributed by atoms with van der Waals surface area (Å²) in [5.74, 6) is -0.929. The van der Waals surface area contributed by atoms with Gasteiger partial charge < -0.3 is 9.47 Å². The van der Waals surface area contributed by atoms with Crippen LogP contribution in [0.1, 0.15) is 80.0 Å². The predicted molar refractivity (Wildman–Crippen MR) is 90.7 cm³/mol. The van der Waals surface area contributed by atoms with E-state index in [0.717, 1.165) is 38.5 Å². The highest BCUT2D eigenvalue weighted by Gasteiger charge is 2.20. The number of hydrogen-bond acceptors (Lipinski definition) is 4. The second-order valence-electron chi connectivity index (χ2n) is 5.75. The molecule has 1 rings (SSSR count). The molecule has 0 spiro atoms. The van der Waals surface area contributed by atoms with E-state index in [1.165, 1.54) is 0 Å². The van der Waals surface area contributed by atoms with Crippen LogP contribution in [0.15, 0.2) is 24.3 Å². The van der Waals surface area contributed by atoms with Crippen molar-refractivity contribution in [1.29, 1.82) is 0 Å². The number of ether oxygens (including phenoxy) is 2. The zero-order valence-corrected chi connectivity index (χ0v) is 14.5. The van der Waals surface area contributed by atoms with Crippen molar-refractivity contribution < 1.29 is 19.1 Å². The Kier molecular flexibility index (Phi) is 9.03. The van der Waals surface area contributed by atoms with Crippen LogP contribution < -0.4 is 0 Å². The standard InChI is InChI=1S/C19H28O4/c1-4-6-8-11-15(3)23-19(21)17-13-10-9-12-16(17)18(20)22-14-7-5-2/h9-10,12-13,15H,4-8,11,14H2,1-3H3. The molecule has 0 heterocycles. The monoisotopic (exact) mass is 320 g/mol. The minimum atomic E-state index is -0.468. The maximum Gasteiger partial charge on any atom is 0.339 e. The first-order chi connectivity index (χ1) is 11.1. The lowest BCUT2D eigenvalue weighted by Crippen LogP contribution is -2.18. The summed E-state index contributed by atoms with van der Waals surface area (Å²) >= 11 is 0. The van der Waals surface area contributed by atoms with E-state index >= 15 is 0 Å². The fourth-order valence-electron chi connectivity index (χ4n) is 2.21. The lowest BCUT2D eigenvalue weighted by molar-refractivity contribution is 0.0307. The third kappa shape index (κ3) is 6.85. The van der Waals surface area contributed by atoms with Crippen molar-refractivity contribution in [2.45, 2.75) is 65.4 Å². The second-order valence-corrected chi connectivity index (χ2v) is 5.75. The minimum absolute atomic E-state index is 0.154. The van der Waals surface area contributed by atoms with Crippen molar-refractivity contribution in [2.24, 2.45) is 0 Å². The summed E-state index contributed by atoms with van der Waals surface area (Å²) in [5.41, 5.74) is 0.547.